The van der Waals surface area contributed by atoms with Gasteiger partial charge < -0.3 is 9.80 Å². The van der Waals surface area contributed by atoms with Crippen LogP contribution in [-0.2, 0) is 0 Å². The van der Waals surface area contributed by atoms with Crippen LogP contribution in [0.2, 0.25) is 0 Å². The quantitative estimate of drug-likeness (QED) is 0.258. The number of anilines is 2. The van der Waals surface area contributed by atoms with Gasteiger partial charge >= 0.3 is 0 Å². The fraction of sp³-hybridized carbons (Fsp3) is 0.118. The second kappa shape index (κ2) is 9.64. The molecule has 6 aromatic rings. The highest BCUT2D eigenvalue weighted by atomic mass is 15.1. The number of pyridine rings is 2. The average Bonchev–Trinajstić information content (AvgIpc) is 2.96. The summed E-state index contributed by atoms with van der Waals surface area (Å²) in [7, 11) is 8.37. The lowest BCUT2D eigenvalue weighted by atomic mass is 10.0. The van der Waals surface area contributed by atoms with E-state index in [0.717, 1.165) is 11.4 Å². The van der Waals surface area contributed by atoms with Gasteiger partial charge in [0.15, 0.2) is 12.4 Å². The number of nitrogens with zero attached hydrogens (tertiary/aromatic N) is 4. The average molecular weight is 497 g/mol. The van der Waals surface area contributed by atoms with Crippen LogP contribution in [0, 0.1) is 0 Å². The van der Waals surface area contributed by atoms with E-state index < -0.39 is 0 Å². The maximum absolute atomic E-state index is 2.28. The summed E-state index contributed by atoms with van der Waals surface area (Å²) < 4.78 is 4.55. The molecule has 38 heavy (non-hydrogen) atoms. The third kappa shape index (κ3) is 4.14. The van der Waals surface area contributed by atoms with Crippen LogP contribution in [0.15, 0.2) is 122 Å². The summed E-state index contributed by atoms with van der Waals surface area (Å²) in [6.07, 6.45) is 4.34. The Morgan fingerprint density at radius 1 is 0.447 bits per heavy atom. The molecule has 0 aliphatic carbocycles. The molecule has 0 N–H and O–H groups in total. The highest BCUT2D eigenvalue weighted by molar-refractivity contribution is 5.90. The van der Waals surface area contributed by atoms with Gasteiger partial charge in [-0.05, 0) is 23.3 Å². The Labute approximate surface area is 224 Å². The molecular weight excluding hydrogens is 464 g/mol. The van der Waals surface area contributed by atoms with Gasteiger partial charge in [0, 0.05) is 76.7 Å². The van der Waals surface area contributed by atoms with Crippen LogP contribution in [0.25, 0.3) is 44.3 Å². The predicted molar refractivity (Wildman–Crippen MR) is 159 cm³/mol. The van der Waals surface area contributed by atoms with Crippen molar-refractivity contribution in [3.63, 3.8) is 0 Å². The molecule has 4 nitrogen and oxygen atoms in total. The van der Waals surface area contributed by atoms with Crippen LogP contribution in [0.5, 0.6) is 0 Å². The number of hydrogen-bond donors (Lipinski definition) is 0. The van der Waals surface area contributed by atoms with Crippen molar-refractivity contribution in [1.29, 1.82) is 0 Å². The van der Waals surface area contributed by atoms with Gasteiger partial charge in [-0.15, -0.1) is 0 Å². The second-order valence-corrected chi connectivity index (χ2v) is 10.1. The van der Waals surface area contributed by atoms with E-state index in [9.17, 15) is 0 Å². The molecule has 2 aromatic heterocycles. The summed E-state index contributed by atoms with van der Waals surface area (Å²) in [6.45, 7) is 0. The lowest BCUT2D eigenvalue weighted by Gasteiger charge is -2.14. The minimum Gasteiger partial charge on any atom is -0.377 e. The zero-order valence-corrected chi connectivity index (χ0v) is 22.3. The molecule has 0 bridgehead atoms. The molecule has 0 fully saturated rings. The minimum absolute atomic E-state index is 1.14. The number of rotatable bonds is 5. The molecule has 6 rings (SSSR count). The van der Waals surface area contributed by atoms with Gasteiger partial charge in [-0.1, -0.05) is 48.5 Å². The molecule has 2 heterocycles. The molecule has 0 atom stereocenters. The summed E-state index contributed by atoms with van der Waals surface area (Å²) in [5.74, 6) is 0. The van der Waals surface area contributed by atoms with Crippen molar-refractivity contribution in [3.05, 3.63) is 122 Å². The fourth-order valence-corrected chi connectivity index (χ4v) is 5.33. The summed E-state index contributed by atoms with van der Waals surface area (Å²) in [5, 5.41) is 2.47. The molecule has 0 radical (unpaired) electrons. The van der Waals surface area contributed by atoms with Crippen molar-refractivity contribution in [3.8, 4) is 22.5 Å². The first-order chi connectivity index (χ1) is 18.5. The predicted octanol–water partition coefficient (Wildman–Crippen LogP) is 6.35. The molecule has 0 unspecified atom stereocenters. The van der Waals surface area contributed by atoms with E-state index in [2.05, 4.69) is 169 Å². The molecular formula is C34H32N4+2. The van der Waals surface area contributed by atoms with Crippen molar-refractivity contribution in [2.75, 3.05) is 38.0 Å². The maximum atomic E-state index is 2.28. The SMILES string of the molecule is CN(C)c1cc[n+](-c2cccc(-c3cccc(-[n+]4ccc(N(C)C)c5ccccc54)c3)c2)c2ccccc12. The Bertz CT molecular complexity index is 1650. The van der Waals surface area contributed by atoms with Crippen LogP contribution in [0.4, 0.5) is 11.4 Å². The van der Waals surface area contributed by atoms with Crippen LogP contribution < -0.4 is 18.9 Å². The van der Waals surface area contributed by atoms with E-state index in [1.54, 1.807) is 0 Å². The maximum Gasteiger partial charge on any atom is 0.220 e. The van der Waals surface area contributed by atoms with E-state index in [1.165, 1.54) is 44.3 Å². The standard InChI is InChI=1S/C34H32N4/c1-35(2)31-19-21-37(33-17-7-5-15-29(31)33)27-13-9-11-25(23-27)26-12-10-14-28(24-26)38-22-20-32(36(3)4)30-16-6-8-18-34(30)38/h5-24H,1-4H3/q+2. The third-order valence-corrected chi connectivity index (χ3v) is 7.19. The molecule has 0 aliphatic heterocycles. The van der Waals surface area contributed by atoms with Crippen molar-refractivity contribution in [2.24, 2.45) is 0 Å². The lowest BCUT2D eigenvalue weighted by molar-refractivity contribution is -0.567. The Hall–Kier alpha value is -4.70. The molecule has 0 amide bonds. The Kier molecular flexibility index (Phi) is 6.01. The van der Waals surface area contributed by atoms with Gasteiger partial charge in [0.05, 0.1) is 22.1 Å². The second-order valence-electron chi connectivity index (χ2n) is 10.1. The number of para-hydroxylation sites is 2. The van der Waals surface area contributed by atoms with Gasteiger partial charge in [-0.25, -0.2) is 0 Å². The Balaban J connectivity index is 1.45. The first-order valence-electron chi connectivity index (χ1n) is 12.9. The van der Waals surface area contributed by atoms with E-state index in [-0.39, 0.29) is 0 Å². The number of fused-ring (bicyclic) bond motifs is 2. The van der Waals surface area contributed by atoms with Crippen molar-refractivity contribution < 1.29 is 9.13 Å². The van der Waals surface area contributed by atoms with Crippen LogP contribution in [-0.4, -0.2) is 28.2 Å². The smallest absolute Gasteiger partial charge is 0.220 e. The van der Waals surface area contributed by atoms with E-state index >= 15 is 0 Å². The minimum atomic E-state index is 1.14. The molecule has 0 saturated heterocycles. The van der Waals surface area contributed by atoms with Gasteiger partial charge in [0.25, 0.3) is 0 Å². The van der Waals surface area contributed by atoms with E-state index in [1.807, 2.05) is 0 Å². The Morgan fingerprint density at radius 3 is 1.29 bits per heavy atom. The van der Waals surface area contributed by atoms with Crippen LogP contribution in [0.1, 0.15) is 0 Å². The highest BCUT2D eigenvalue weighted by Gasteiger charge is 2.18. The largest absolute Gasteiger partial charge is 0.377 e. The summed E-state index contributed by atoms with van der Waals surface area (Å²) in [4.78, 5) is 4.34. The topological polar surface area (TPSA) is 14.2 Å². The number of hydrogen-bond acceptors (Lipinski definition) is 2. The van der Waals surface area contributed by atoms with Crippen LogP contribution in [0.3, 0.4) is 0 Å². The van der Waals surface area contributed by atoms with Crippen LogP contribution >= 0.6 is 0 Å². The Morgan fingerprint density at radius 2 is 0.868 bits per heavy atom. The first kappa shape index (κ1) is 23.7. The monoisotopic (exact) mass is 496 g/mol. The zero-order valence-electron chi connectivity index (χ0n) is 22.3. The molecule has 4 aromatic carbocycles. The van der Waals surface area contributed by atoms with Gasteiger partial charge in [0.2, 0.25) is 22.4 Å². The zero-order chi connectivity index (χ0) is 26.2. The third-order valence-electron chi connectivity index (χ3n) is 7.19. The summed E-state index contributed by atoms with van der Waals surface area (Å²) in [5.41, 5.74) is 9.46. The van der Waals surface area contributed by atoms with Crippen molar-refractivity contribution in [2.45, 2.75) is 0 Å². The molecule has 4 heteroatoms. The van der Waals surface area contributed by atoms with Crippen molar-refractivity contribution in [1.82, 2.24) is 0 Å². The van der Waals surface area contributed by atoms with E-state index in [4.69, 9.17) is 0 Å². The summed E-state index contributed by atoms with van der Waals surface area (Å²) in [6, 6.07) is 39.1. The van der Waals surface area contributed by atoms with E-state index in [0.29, 0.717) is 0 Å². The van der Waals surface area contributed by atoms with Crippen molar-refractivity contribution >= 4 is 33.2 Å². The lowest BCUT2D eigenvalue weighted by Crippen LogP contribution is -2.32. The molecule has 0 spiro atoms. The molecule has 0 aliphatic rings. The first-order valence-corrected chi connectivity index (χ1v) is 12.9. The number of benzene rings is 4. The molecule has 186 valence electrons. The summed E-state index contributed by atoms with van der Waals surface area (Å²) >= 11 is 0. The van der Waals surface area contributed by atoms with Gasteiger partial charge in [-0.2, -0.15) is 9.13 Å². The normalized spacial score (nSPS) is 11.2. The fourth-order valence-electron chi connectivity index (χ4n) is 5.33. The van der Waals surface area contributed by atoms with Gasteiger partial charge in [0.1, 0.15) is 0 Å². The van der Waals surface area contributed by atoms with Gasteiger partial charge in [-0.3, -0.25) is 0 Å². The molecule has 0 saturated carbocycles. The highest BCUT2D eigenvalue weighted by Crippen LogP contribution is 2.27. The number of aromatic nitrogens is 2.